The van der Waals surface area contributed by atoms with Crippen LogP contribution < -0.4 is 5.32 Å². The molecular weight excluding hydrogens is 246 g/mol. The van der Waals surface area contributed by atoms with Crippen molar-refractivity contribution in [1.82, 2.24) is 15.1 Å². The zero-order valence-electron chi connectivity index (χ0n) is 13.7. The maximum Gasteiger partial charge on any atom is 0.00798 e. The fourth-order valence-electron chi connectivity index (χ4n) is 3.69. The first-order chi connectivity index (χ1) is 9.78. The maximum absolute atomic E-state index is 3.84. The Balaban J connectivity index is 1.61. The SMILES string of the molecule is CCN1CCCC(NCC(C)CN2CCCCC2)CC1. The molecule has 2 aliphatic rings. The van der Waals surface area contributed by atoms with Gasteiger partial charge in [0.2, 0.25) is 0 Å². The molecule has 0 amide bonds. The largest absolute Gasteiger partial charge is 0.314 e. The lowest BCUT2D eigenvalue weighted by atomic mass is 10.1. The monoisotopic (exact) mass is 281 g/mol. The van der Waals surface area contributed by atoms with Crippen LogP contribution in [-0.4, -0.2) is 61.7 Å². The van der Waals surface area contributed by atoms with Gasteiger partial charge in [-0.1, -0.05) is 20.3 Å². The first kappa shape index (κ1) is 16.3. The Kier molecular flexibility index (Phi) is 7.32. The second-order valence-electron chi connectivity index (χ2n) is 6.94. The minimum absolute atomic E-state index is 0.760. The van der Waals surface area contributed by atoms with E-state index < -0.39 is 0 Å². The van der Waals surface area contributed by atoms with Crippen molar-refractivity contribution in [2.24, 2.45) is 5.92 Å². The molecule has 2 fully saturated rings. The normalized spacial score (nSPS) is 28.2. The number of hydrogen-bond donors (Lipinski definition) is 1. The van der Waals surface area contributed by atoms with Crippen LogP contribution in [0, 0.1) is 5.92 Å². The van der Waals surface area contributed by atoms with E-state index in [0.29, 0.717) is 0 Å². The van der Waals surface area contributed by atoms with E-state index in [0.717, 1.165) is 12.0 Å². The maximum atomic E-state index is 3.84. The van der Waals surface area contributed by atoms with Gasteiger partial charge in [-0.25, -0.2) is 0 Å². The predicted octanol–water partition coefficient (Wildman–Crippen LogP) is 2.57. The summed E-state index contributed by atoms with van der Waals surface area (Å²) in [4.78, 5) is 5.26. The minimum Gasteiger partial charge on any atom is -0.314 e. The first-order valence-corrected chi connectivity index (χ1v) is 8.96. The highest BCUT2D eigenvalue weighted by atomic mass is 15.1. The molecule has 2 rings (SSSR count). The van der Waals surface area contributed by atoms with E-state index in [1.54, 1.807) is 0 Å². The number of hydrogen-bond acceptors (Lipinski definition) is 3. The zero-order valence-corrected chi connectivity index (χ0v) is 13.7. The van der Waals surface area contributed by atoms with E-state index in [9.17, 15) is 0 Å². The Morgan fingerprint density at radius 1 is 0.950 bits per heavy atom. The molecule has 2 saturated heterocycles. The molecule has 2 aliphatic heterocycles. The summed E-state index contributed by atoms with van der Waals surface area (Å²) in [7, 11) is 0. The Bertz CT molecular complexity index is 251. The molecule has 3 nitrogen and oxygen atoms in total. The van der Waals surface area contributed by atoms with Crippen LogP contribution >= 0.6 is 0 Å². The van der Waals surface area contributed by atoms with Gasteiger partial charge in [0.05, 0.1) is 0 Å². The lowest BCUT2D eigenvalue weighted by Crippen LogP contribution is -2.39. The average Bonchev–Trinajstić information content (AvgIpc) is 2.71. The number of nitrogens with one attached hydrogen (secondary N) is 1. The van der Waals surface area contributed by atoms with Crippen LogP contribution in [-0.2, 0) is 0 Å². The summed E-state index contributed by atoms with van der Waals surface area (Å²) in [6.45, 7) is 13.7. The standard InChI is InChI=1S/C17H35N3/c1-3-19-12-7-8-17(9-13-19)18-14-16(2)15-20-10-5-4-6-11-20/h16-18H,3-15H2,1-2H3. The summed E-state index contributed by atoms with van der Waals surface area (Å²) in [5, 5.41) is 3.84. The van der Waals surface area contributed by atoms with Crippen molar-refractivity contribution in [2.45, 2.75) is 58.4 Å². The van der Waals surface area contributed by atoms with Gasteiger partial charge in [-0.3, -0.25) is 0 Å². The summed E-state index contributed by atoms with van der Waals surface area (Å²) in [6.07, 6.45) is 8.34. The van der Waals surface area contributed by atoms with Crippen molar-refractivity contribution in [2.75, 3.05) is 45.8 Å². The van der Waals surface area contributed by atoms with E-state index in [1.165, 1.54) is 84.3 Å². The minimum atomic E-state index is 0.760. The third-order valence-corrected chi connectivity index (χ3v) is 5.04. The fourth-order valence-corrected chi connectivity index (χ4v) is 3.69. The van der Waals surface area contributed by atoms with Gasteiger partial charge >= 0.3 is 0 Å². The van der Waals surface area contributed by atoms with Crippen molar-refractivity contribution in [3.63, 3.8) is 0 Å². The van der Waals surface area contributed by atoms with Crippen molar-refractivity contribution in [1.29, 1.82) is 0 Å². The Labute approximate surface area is 126 Å². The molecule has 0 aromatic heterocycles. The molecule has 118 valence electrons. The molecule has 0 aliphatic carbocycles. The van der Waals surface area contributed by atoms with Crippen molar-refractivity contribution < 1.29 is 0 Å². The van der Waals surface area contributed by atoms with Crippen LogP contribution in [0.2, 0.25) is 0 Å². The van der Waals surface area contributed by atoms with Crippen molar-refractivity contribution in [3.8, 4) is 0 Å². The van der Waals surface area contributed by atoms with Gasteiger partial charge < -0.3 is 15.1 Å². The van der Waals surface area contributed by atoms with E-state index in [2.05, 4.69) is 29.0 Å². The molecular formula is C17H35N3. The zero-order chi connectivity index (χ0) is 14.2. The number of likely N-dealkylation sites (tertiary alicyclic amines) is 2. The quantitative estimate of drug-likeness (QED) is 0.807. The number of nitrogens with zero attached hydrogens (tertiary/aromatic N) is 2. The van der Waals surface area contributed by atoms with E-state index in [1.807, 2.05) is 0 Å². The van der Waals surface area contributed by atoms with Crippen LogP contribution in [0.5, 0.6) is 0 Å². The van der Waals surface area contributed by atoms with Gasteiger partial charge in [0.15, 0.2) is 0 Å². The Hall–Kier alpha value is -0.120. The third kappa shape index (κ3) is 5.71. The number of piperidine rings is 1. The van der Waals surface area contributed by atoms with E-state index in [4.69, 9.17) is 0 Å². The molecule has 0 aromatic carbocycles. The Morgan fingerprint density at radius 2 is 1.70 bits per heavy atom. The molecule has 20 heavy (non-hydrogen) atoms. The molecule has 0 bridgehead atoms. The lowest BCUT2D eigenvalue weighted by Gasteiger charge is -2.30. The van der Waals surface area contributed by atoms with Gasteiger partial charge in [-0.2, -0.15) is 0 Å². The molecule has 2 unspecified atom stereocenters. The van der Waals surface area contributed by atoms with Gasteiger partial charge in [-0.05, 0) is 77.3 Å². The molecule has 0 saturated carbocycles. The highest BCUT2D eigenvalue weighted by molar-refractivity contribution is 4.76. The molecule has 1 N–H and O–H groups in total. The fraction of sp³-hybridized carbons (Fsp3) is 1.00. The molecule has 0 spiro atoms. The molecule has 0 radical (unpaired) electrons. The second kappa shape index (κ2) is 9.01. The topological polar surface area (TPSA) is 18.5 Å². The third-order valence-electron chi connectivity index (χ3n) is 5.04. The van der Waals surface area contributed by atoms with Gasteiger partial charge in [0, 0.05) is 12.6 Å². The van der Waals surface area contributed by atoms with Gasteiger partial charge in [0.25, 0.3) is 0 Å². The summed E-state index contributed by atoms with van der Waals surface area (Å²) in [5.41, 5.74) is 0. The molecule has 2 atom stereocenters. The van der Waals surface area contributed by atoms with Crippen LogP contribution in [0.4, 0.5) is 0 Å². The smallest absolute Gasteiger partial charge is 0.00798 e. The second-order valence-corrected chi connectivity index (χ2v) is 6.94. The molecule has 2 heterocycles. The van der Waals surface area contributed by atoms with Gasteiger partial charge in [-0.15, -0.1) is 0 Å². The van der Waals surface area contributed by atoms with Crippen LogP contribution in [0.15, 0.2) is 0 Å². The highest BCUT2D eigenvalue weighted by Crippen LogP contribution is 2.13. The number of rotatable bonds is 6. The summed E-state index contributed by atoms with van der Waals surface area (Å²) in [6, 6.07) is 0.760. The molecule has 0 aromatic rings. The van der Waals surface area contributed by atoms with Gasteiger partial charge in [0.1, 0.15) is 0 Å². The molecule has 3 heteroatoms. The summed E-state index contributed by atoms with van der Waals surface area (Å²) >= 11 is 0. The Morgan fingerprint density at radius 3 is 2.45 bits per heavy atom. The summed E-state index contributed by atoms with van der Waals surface area (Å²) < 4.78 is 0. The van der Waals surface area contributed by atoms with Crippen LogP contribution in [0.1, 0.15) is 52.4 Å². The first-order valence-electron chi connectivity index (χ1n) is 8.96. The van der Waals surface area contributed by atoms with Crippen LogP contribution in [0.25, 0.3) is 0 Å². The predicted molar refractivity (Wildman–Crippen MR) is 87.2 cm³/mol. The van der Waals surface area contributed by atoms with Crippen molar-refractivity contribution in [3.05, 3.63) is 0 Å². The highest BCUT2D eigenvalue weighted by Gasteiger charge is 2.17. The van der Waals surface area contributed by atoms with E-state index in [-0.39, 0.29) is 0 Å². The van der Waals surface area contributed by atoms with Crippen molar-refractivity contribution >= 4 is 0 Å². The lowest BCUT2D eigenvalue weighted by molar-refractivity contribution is 0.196. The van der Waals surface area contributed by atoms with Crippen LogP contribution in [0.3, 0.4) is 0 Å². The average molecular weight is 281 g/mol. The summed E-state index contributed by atoms with van der Waals surface area (Å²) in [5.74, 6) is 0.790. The van der Waals surface area contributed by atoms with E-state index >= 15 is 0 Å².